The summed E-state index contributed by atoms with van der Waals surface area (Å²) in [5.74, 6) is 0.0865. The zero-order valence-corrected chi connectivity index (χ0v) is 15.7. The third-order valence-electron chi connectivity index (χ3n) is 5.10. The molecule has 0 aliphatic heterocycles. The molecular weight excluding hydrogens is 344 g/mol. The van der Waals surface area contributed by atoms with Crippen LogP contribution in [-0.2, 0) is 0 Å². The van der Waals surface area contributed by atoms with Gasteiger partial charge in [0, 0.05) is 29.1 Å². The van der Waals surface area contributed by atoms with Gasteiger partial charge in [-0.05, 0) is 18.6 Å². The lowest BCUT2D eigenvalue weighted by Gasteiger charge is -2.21. The van der Waals surface area contributed by atoms with Gasteiger partial charge in [-0.1, -0.05) is 78.4 Å². The number of hydrogen-bond acceptors (Lipinski definition) is 2. The van der Waals surface area contributed by atoms with Crippen molar-refractivity contribution in [3.63, 3.8) is 0 Å². The minimum Gasteiger partial charge on any atom is -0.338 e. The van der Waals surface area contributed by atoms with Crippen LogP contribution < -0.4 is 0 Å². The molecule has 0 fully saturated rings. The van der Waals surface area contributed by atoms with Crippen LogP contribution in [-0.4, -0.2) is 10.4 Å². The first-order valence-corrected chi connectivity index (χ1v) is 9.32. The number of hydrogen-bond donors (Lipinski definition) is 0. The van der Waals surface area contributed by atoms with Crippen LogP contribution in [0.15, 0.2) is 85.1 Å². The van der Waals surface area contributed by atoms with Gasteiger partial charge < -0.3 is 4.57 Å². The first kappa shape index (κ1) is 17.8. The molecule has 0 spiro atoms. The molecule has 4 rings (SSSR count). The van der Waals surface area contributed by atoms with Crippen LogP contribution in [0.3, 0.4) is 0 Å². The number of fused-ring (bicyclic) bond motifs is 1. The summed E-state index contributed by atoms with van der Waals surface area (Å²) in [6.07, 6.45) is 2.20. The maximum Gasteiger partial charge on any atom is 0.165 e. The monoisotopic (exact) mass is 364 g/mol. The van der Waals surface area contributed by atoms with Gasteiger partial charge in [0.1, 0.15) is 6.07 Å². The number of benzene rings is 3. The number of rotatable bonds is 5. The highest BCUT2D eigenvalue weighted by atomic mass is 16.1. The van der Waals surface area contributed by atoms with Crippen molar-refractivity contribution in [1.29, 1.82) is 5.26 Å². The second-order valence-corrected chi connectivity index (χ2v) is 7.00. The van der Waals surface area contributed by atoms with Gasteiger partial charge in [0.05, 0.1) is 11.6 Å². The van der Waals surface area contributed by atoms with E-state index in [1.54, 1.807) is 0 Å². The molecule has 0 N–H and O–H groups in total. The molecule has 0 amide bonds. The topological polar surface area (TPSA) is 45.8 Å². The molecule has 3 nitrogen and oxygen atoms in total. The number of aromatic nitrogens is 1. The Balaban J connectivity index is 1.85. The highest BCUT2D eigenvalue weighted by Crippen LogP contribution is 2.31. The molecule has 0 saturated carbocycles. The van der Waals surface area contributed by atoms with Crippen LogP contribution >= 0.6 is 0 Å². The predicted octanol–water partition coefficient (Wildman–Crippen LogP) is 5.68. The summed E-state index contributed by atoms with van der Waals surface area (Å²) >= 11 is 0. The van der Waals surface area contributed by atoms with Crippen molar-refractivity contribution >= 4 is 16.7 Å². The maximum atomic E-state index is 13.0. The highest BCUT2D eigenvalue weighted by molar-refractivity contribution is 5.96. The zero-order chi connectivity index (χ0) is 19.5. The first-order valence-electron chi connectivity index (χ1n) is 9.32. The van der Waals surface area contributed by atoms with E-state index in [2.05, 4.69) is 22.8 Å². The second-order valence-electron chi connectivity index (χ2n) is 7.00. The van der Waals surface area contributed by atoms with Gasteiger partial charge in [-0.15, -0.1) is 0 Å². The number of nitriles is 1. The molecule has 1 unspecified atom stereocenters. The molecule has 136 valence electrons. The van der Waals surface area contributed by atoms with E-state index in [9.17, 15) is 10.1 Å². The van der Waals surface area contributed by atoms with E-state index >= 15 is 0 Å². The van der Waals surface area contributed by atoms with Crippen molar-refractivity contribution in [3.8, 4) is 6.07 Å². The van der Waals surface area contributed by atoms with E-state index < -0.39 is 0 Å². The lowest BCUT2D eigenvalue weighted by Crippen LogP contribution is -2.15. The minimum atomic E-state index is -0.181. The number of Topliss-reactive ketones (excluding diaryl/α,β-unsaturated/α-hetero) is 1. The number of nitrogens with zero attached hydrogens (tertiary/aromatic N) is 2. The first-order chi connectivity index (χ1) is 13.7. The fourth-order valence-corrected chi connectivity index (χ4v) is 3.72. The van der Waals surface area contributed by atoms with Crippen LogP contribution in [0.4, 0.5) is 0 Å². The van der Waals surface area contributed by atoms with Gasteiger partial charge in [-0.3, -0.25) is 4.79 Å². The molecule has 3 heteroatoms. The van der Waals surface area contributed by atoms with E-state index in [-0.39, 0.29) is 11.8 Å². The summed E-state index contributed by atoms with van der Waals surface area (Å²) < 4.78 is 2.07. The SMILES string of the molecule is Cc1cccc(C(CC(=O)c2ccccc2)n2cc(C#N)c3ccccc32)c1. The van der Waals surface area contributed by atoms with Crippen LogP contribution in [0.25, 0.3) is 10.9 Å². The quantitative estimate of drug-likeness (QED) is 0.427. The Bertz CT molecular complexity index is 1180. The molecule has 0 radical (unpaired) electrons. The summed E-state index contributed by atoms with van der Waals surface area (Å²) in [5, 5.41) is 10.5. The average molecular weight is 364 g/mol. The third-order valence-corrected chi connectivity index (χ3v) is 5.10. The molecule has 0 aliphatic carbocycles. The Kier molecular flexibility index (Phi) is 4.78. The van der Waals surface area contributed by atoms with Crippen LogP contribution in [0.5, 0.6) is 0 Å². The lowest BCUT2D eigenvalue weighted by molar-refractivity contribution is 0.0970. The molecule has 1 heterocycles. The summed E-state index contributed by atoms with van der Waals surface area (Å²) in [5.41, 5.74) is 4.50. The highest BCUT2D eigenvalue weighted by Gasteiger charge is 2.22. The smallest absolute Gasteiger partial charge is 0.165 e. The van der Waals surface area contributed by atoms with Crippen LogP contribution in [0.2, 0.25) is 0 Å². The number of carbonyl (C=O) groups excluding carboxylic acids is 1. The molecule has 4 aromatic rings. The standard InChI is InChI=1S/C25H20N2O/c1-18-8-7-11-20(14-18)24(15-25(28)19-9-3-2-4-10-19)27-17-21(16-26)22-12-5-6-13-23(22)27/h2-14,17,24H,15H2,1H3. The maximum absolute atomic E-state index is 13.0. The van der Waals surface area contributed by atoms with Crippen molar-refractivity contribution < 1.29 is 4.79 Å². The van der Waals surface area contributed by atoms with Gasteiger partial charge >= 0.3 is 0 Å². The van der Waals surface area contributed by atoms with E-state index in [0.29, 0.717) is 17.5 Å². The van der Waals surface area contributed by atoms with Crippen molar-refractivity contribution in [1.82, 2.24) is 4.57 Å². The molecule has 1 aromatic heterocycles. The minimum absolute atomic E-state index is 0.0865. The fraction of sp³-hybridized carbons (Fsp3) is 0.120. The Morgan fingerprint density at radius 3 is 2.50 bits per heavy atom. The van der Waals surface area contributed by atoms with Crippen molar-refractivity contribution in [2.24, 2.45) is 0 Å². The number of aryl methyl sites for hydroxylation is 1. The molecule has 28 heavy (non-hydrogen) atoms. The Morgan fingerprint density at radius 2 is 1.75 bits per heavy atom. The van der Waals surface area contributed by atoms with E-state index in [4.69, 9.17) is 0 Å². The predicted molar refractivity (Wildman–Crippen MR) is 111 cm³/mol. The van der Waals surface area contributed by atoms with Crippen LogP contribution in [0.1, 0.15) is 39.5 Å². The number of carbonyl (C=O) groups is 1. The molecule has 1 atom stereocenters. The molecule has 0 bridgehead atoms. The fourth-order valence-electron chi connectivity index (χ4n) is 3.72. The van der Waals surface area contributed by atoms with E-state index in [1.807, 2.05) is 79.9 Å². The Hall–Kier alpha value is -3.64. The summed E-state index contributed by atoms with van der Waals surface area (Å²) in [6.45, 7) is 2.05. The van der Waals surface area contributed by atoms with Crippen molar-refractivity contribution in [3.05, 3.63) is 107 Å². The summed E-state index contributed by atoms with van der Waals surface area (Å²) in [6, 6.07) is 27.6. The molecule has 0 saturated heterocycles. The van der Waals surface area contributed by atoms with Crippen molar-refractivity contribution in [2.75, 3.05) is 0 Å². The second kappa shape index (κ2) is 7.54. The number of para-hydroxylation sites is 1. The third kappa shape index (κ3) is 3.33. The Morgan fingerprint density at radius 1 is 1.00 bits per heavy atom. The largest absolute Gasteiger partial charge is 0.338 e. The van der Waals surface area contributed by atoms with Gasteiger partial charge in [0.25, 0.3) is 0 Å². The molecule has 3 aromatic carbocycles. The zero-order valence-electron chi connectivity index (χ0n) is 15.7. The van der Waals surface area contributed by atoms with Gasteiger partial charge in [0.2, 0.25) is 0 Å². The van der Waals surface area contributed by atoms with Gasteiger partial charge in [-0.2, -0.15) is 5.26 Å². The van der Waals surface area contributed by atoms with Gasteiger partial charge in [0.15, 0.2) is 5.78 Å². The van der Waals surface area contributed by atoms with E-state index in [0.717, 1.165) is 22.0 Å². The van der Waals surface area contributed by atoms with E-state index in [1.165, 1.54) is 0 Å². The average Bonchev–Trinajstić information content (AvgIpc) is 3.11. The molecule has 0 aliphatic rings. The summed E-state index contributed by atoms with van der Waals surface area (Å²) in [7, 11) is 0. The Labute approximate surface area is 164 Å². The van der Waals surface area contributed by atoms with Gasteiger partial charge in [-0.25, -0.2) is 0 Å². The van der Waals surface area contributed by atoms with Crippen molar-refractivity contribution in [2.45, 2.75) is 19.4 Å². The number of ketones is 1. The summed E-state index contributed by atoms with van der Waals surface area (Å²) in [4.78, 5) is 13.0. The normalized spacial score (nSPS) is 11.9. The molecular formula is C25H20N2O. The van der Waals surface area contributed by atoms with Crippen LogP contribution in [0, 0.1) is 18.3 Å². The lowest BCUT2D eigenvalue weighted by atomic mass is 9.96.